The molecule has 0 unspecified atom stereocenters. The number of nitrogens with one attached hydrogen (secondary N) is 4. The molecule has 0 radical (unpaired) electrons. The first-order valence-corrected chi connectivity index (χ1v) is 8.22. The van der Waals surface area contributed by atoms with Crippen LogP contribution in [0.15, 0.2) is 48.5 Å². The zero-order valence-corrected chi connectivity index (χ0v) is 14.8. The van der Waals surface area contributed by atoms with Crippen molar-refractivity contribution < 1.29 is 26.3 Å². The molecule has 1 aromatic heterocycles. The number of rotatable bonds is 5. The van der Waals surface area contributed by atoms with Crippen molar-refractivity contribution >= 4 is 22.9 Å². The molecule has 0 spiro atoms. The van der Waals surface area contributed by atoms with Gasteiger partial charge in [0.05, 0.1) is 5.69 Å². The number of aromatic nitrogens is 2. The standard InChI is InChI=1S/C18H15F6N5/c1-10-8-13(27-18(22,23)24)6-7-14(10)25-16-9-15(28-29-16)11-2-4-12(5-3-11)26-17(19,20)21/h2-9,26-27H,1H3,(H2,25,28,29). The number of benzene rings is 2. The van der Waals surface area contributed by atoms with Crippen molar-refractivity contribution in [3.8, 4) is 11.3 Å². The number of alkyl halides is 6. The smallest absolute Gasteiger partial charge is 0.339 e. The summed E-state index contributed by atoms with van der Waals surface area (Å²) in [6, 6.07) is 11.3. The SMILES string of the molecule is Cc1cc(NC(F)(F)F)ccc1Nc1cc(-c2ccc(NC(F)(F)F)cc2)[nH]n1. The van der Waals surface area contributed by atoms with Crippen LogP contribution in [0.4, 0.5) is 49.2 Å². The fraction of sp³-hybridized carbons (Fsp3) is 0.167. The molecule has 0 fully saturated rings. The van der Waals surface area contributed by atoms with Crippen molar-refractivity contribution in [1.82, 2.24) is 10.2 Å². The minimum Gasteiger partial charge on any atom is -0.339 e. The number of halogens is 6. The Kier molecular flexibility index (Phi) is 5.31. The van der Waals surface area contributed by atoms with Gasteiger partial charge < -0.3 is 5.32 Å². The molecular weight excluding hydrogens is 400 g/mol. The number of aryl methyl sites for hydroxylation is 1. The van der Waals surface area contributed by atoms with Gasteiger partial charge >= 0.3 is 12.6 Å². The second kappa shape index (κ2) is 7.57. The van der Waals surface area contributed by atoms with Crippen LogP contribution in [-0.4, -0.2) is 22.8 Å². The molecule has 0 aliphatic carbocycles. The Hall–Kier alpha value is -3.37. The average molecular weight is 415 g/mol. The number of hydrogen-bond acceptors (Lipinski definition) is 4. The number of nitrogens with zero attached hydrogens (tertiary/aromatic N) is 1. The molecule has 5 nitrogen and oxygen atoms in total. The van der Waals surface area contributed by atoms with Crippen molar-refractivity contribution in [1.29, 1.82) is 0 Å². The molecular formula is C18H15F6N5. The Bertz CT molecular complexity index is 976. The van der Waals surface area contributed by atoms with Gasteiger partial charge in [0, 0.05) is 23.1 Å². The lowest BCUT2D eigenvalue weighted by atomic mass is 10.1. The van der Waals surface area contributed by atoms with Gasteiger partial charge in [0.1, 0.15) is 0 Å². The first-order valence-electron chi connectivity index (χ1n) is 8.22. The molecule has 154 valence electrons. The summed E-state index contributed by atoms with van der Waals surface area (Å²) < 4.78 is 74.1. The van der Waals surface area contributed by atoms with Gasteiger partial charge in [0.15, 0.2) is 5.82 Å². The first-order chi connectivity index (χ1) is 13.5. The first kappa shape index (κ1) is 20.4. The van der Waals surface area contributed by atoms with Gasteiger partial charge in [-0.1, -0.05) is 12.1 Å². The lowest BCUT2D eigenvalue weighted by molar-refractivity contribution is -0.101. The normalized spacial score (nSPS) is 12.0. The molecule has 0 atom stereocenters. The molecule has 11 heteroatoms. The predicted octanol–water partition coefficient (Wildman–Crippen LogP) is 5.99. The maximum absolute atomic E-state index is 12.4. The second-order valence-corrected chi connectivity index (χ2v) is 6.14. The second-order valence-electron chi connectivity index (χ2n) is 6.14. The third-order valence-corrected chi connectivity index (χ3v) is 3.84. The summed E-state index contributed by atoms with van der Waals surface area (Å²) in [5.74, 6) is 0.400. The Labute approximate surface area is 161 Å². The average Bonchev–Trinajstić information content (AvgIpc) is 3.04. The summed E-state index contributed by atoms with van der Waals surface area (Å²) in [5.41, 5.74) is 2.10. The number of H-pyrrole nitrogens is 1. The summed E-state index contributed by atoms with van der Waals surface area (Å²) in [5, 5.41) is 12.6. The van der Waals surface area contributed by atoms with Crippen LogP contribution in [0.25, 0.3) is 11.3 Å². The molecule has 0 aliphatic heterocycles. The van der Waals surface area contributed by atoms with Crippen LogP contribution in [0.5, 0.6) is 0 Å². The summed E-state index contributed by atoms with van der Waals surface area (Å²) in [4.78, 5) is 0. The lowest BCUT2D eigenvalue weighted by Crippen LogP contribution is -2.20. The van der Waals surface area contributed by atoms with Crippen LogP contribution in [-0.2, 0) is 0 Å². The summed E-state index contributed by atoms with van der Waals surface area (Å²) >= 11 is 0. The highest BCUT2D eigenvalue weighted by Gasteiger charge is 2.27. The molecule has 0 amide bonds. The van der Waals surface area contributed by atoms with Crippen LogP contribution in [0.1, 0.15) is 5.56 Å². The third-order valence-electron chi connectivity index (χ3n) is 3.84. The third kappa shape index (κ3) is 5.80. The molecule has 3 rings (SSSR count). The number of aromatic amines is 1. The number of hydrogen-bond donors (Lipinski definition) is 4. The van der Waals surface area contributed by atoms with E-state index in [0.717, 1.165) is 0 Å². The Morgan fingerprint density at radius 1 is 0.793 bits per heavy atom. The summed E-state index contributed by atoms with van der Waals surface area (Å²) in [6.45, 7) is 1.64. The molecule has 29 heavy (non-hydrogen) atoms. The zero-order valence-electron chi connectivity index (χ0n) is 14.8. The van der Waals surface area contributed by atoms with Gasteiger partial charge in [-0.3, -0.25) is 15.7 Å². The van der Waals surface area contributed by atoms with Crippen molar-refractivity contribution in [2.45, 2.75) is 19.5 Å². The zero-order chi connectivity index (χ0) is 21.2. The molecule has 0 aliphatic rings. The van der Waals surface area contributed by atoms with Crippen molar-refractivity contribution in [2.75, 3.05) is 16.0 Å². The molecule has 4 N–H and O–H groups in total. The largest absolute Gasteiger partial charge is 0.482 e. The van der Waals surface area contributed by atoms with Crippen molar-refractivity contribution in [3.05, 3.63) is 54.1 Å². The monoisotopic (exact) mass is 415 g/mol. The Morgan fingerprint density at radius 3 is 1.97 bits per heavy atom. The van der Waals surface area contributed by atoms with Gasteiger partial charge in [-0.25, -0.2) is 0 Å². The van der Waals surface area contributed by atoms with E-state index < -0.39 is 12.6 Å². The van der Waals surface area contributed by atoms with Crippen LogP contribution in [0.2, 0.25) is 0 Å². The van der Waals surface area contributed by atoms with E-state index in [-0.39, 0.29) is 11.4 Å². The maximum Gasteiger partial charge on any atom is 0.482 e. The highest BCUT2D eigenvalue weighted by Crippen LogP contribution is 2.28. The van der Waals surface area contributed by atoms with E-state index in [4.69, 9.17) is 0 Å². The van der Waals surface area contributed by atoms with Crippen LogP contribution >= 0.6 is 0 Å². The van der Waals surface area contributed by atoms with E-state index in [1.807, 2.05) is 0 Å². The Morgan fingerprint density at radius 2 is 1.38 bits per heavy atom. The van der Waals surface area contributed by atoms with E-state index in [1.54, 1.807) is 13.0 Å². The van der Waals surface area contributed by atoms with E-state index in [2.05, 4.69) is 15.5 Å². The summed E-state index contributed by atoms with van der Waals surface area (Å²) in [6.07, 6.45) is -9.04. The van der Waals surface area contributed by atoms with Crippen LogP contribution in [0, 0.1) is 6.92 Å². The predicted molar refractivity (Wildman–Crippen MR) is 97.8 cm³/mol. The molecule has 0 saturated carbocycles. The quantitative estimate of drug-likeness (QED) is 0.305. The van der Waals surface area contributed by atoms with Crippen molar-refractivity contribution in [3.63, 3.8) is 0 Å². The minimum atomic E-state index is -4.52. The van der Waals surface area contributed by atoms with Crippen molar-refractivity contribution in [2.24, 2.45) is 0 Å². The van der Waals surface area contributed by atoms with E-state index in [0.29, 0.717) is 28.3 Å². The van der Waals surface area contributed by atoms with E-state index >= 15 is 0 Å². The topological polar surface area (TPSA) is 64.8 Å². The van der Waals surface area contributed by atoms with Gasteiger partial charge in [-0.15, -0.1) is 0 Å². The van der Waals surface area contributed by atoms with E-state index in [1.165, 1.54) is 53.1 Å². The van der Waals surface area contributed by atoms with Gasteiger partial charge in [-0.05, 0) is 48.4 Å². The highest BCUT2D eigenvalue weighted by atomic mass is 19.4. The highest BCUT2D eigenvalue weighted by molar-refractivity contribution is 5.70. The molecule has 2 aromatic carbocycles. The summed E-state index contributed by atoms with van der Waals surface area (Å²) in [7, 11) is 0. The minimum absolute atomic E-state index is 0.0872. The molecule has 0 bridgehead atoms. The lowest BCUT2D eigenvalue weighted by Gasteiger charge is -2.13. The van der Waals surface area contributed by atoms with Gasteiger partial charge in [0.2, 0.25) is 0 Å². The maximum atomic E-state index is 12.4. The number of anilines is 4. The Balaban J connectivity index is 1.70. The molecule has 1 heterocycles. The fourth-order valence-corrected chi connectivity index (χ4v) is 2.61. The molecule has 0 saturated heterocycles. The van der Waals surface area contributed by atoms with Gasteiger partial charge in [-0.2, -0.15) is 31.4 Å². The van der Waals surface area contributed by atoms with Crippen LogP contribution < -0.4 is 16.0 Å². The van der Waals surface area contributed by atoms with Crippen LogP contribution in [0.3, 0.4) is 0 Å². The van der Waals surface area contributed by atoms with E-state index in [9.17, 15) is 26.3 Å². The molecule has 3 aromatic rings. The fourth-order valence-electron chi connectivity index (χ4n) is 2.61. The van der Waals surface area contributed by atoms with Gasteiger partial charge in [0.25, 0.3) is 0 Å².